The van der Waals surface area contributed by atoms with Crippen molar-refractivity contribution >= 4 is 34.4 Å². The Balaban J connectivity index is 1.27. The molecule has 1 saturated heterocycles. The van der Waals surface area contributed by atoms with E-state index in [2.05, 4.69) is 55.3 Å². The number of fused-ring (bicyclic) bond motifs is 4. The summed E-state index contributed by atoms with van der Waals surface area (Å²) in [4.78, 5) is 29.1. The minimum absolute atomic E-state index is 0.0329. The first-order chi connectivity index (χ1) is 17.0. The average molecular weight is 475 g/mol. The van der Waals surface area contributed by atoms with E-state index in [1.54, 1.807) is 6.20 Å². The van der Waals surface area contributed by atoms with Crippen molar-refractivity contribution < 1.29 is 4.79 Å². The van der Waals surface area contributed by atoms with E-state index in [0.717, 1.165) is 42.7 Å². The molecule has 35 heavy (non-hydrogen) atoms. The number of amides is 1. The zero-order chi connectivity index (χ0) is 24.2. The van der Waals surface area contributed by atoms with Gasteiger partial charge in [0.05, 0.1) is 17.4 Å². The Morgan fingerprint density at radius 1 is 1.17 bits per heavy atom. The van der Waals surface area contributed by atoms with E-state index in [1.165, 1.54) is 12.8 Å². The predicted octanol–water partition coefficient (Wildman–Crippen LogP) is 3.26. The van der Waals surface area contributed by atoms with Gasteiger partial charge in [0.25, 0.3) is 5.91 Å². The molecule has 3 aromatic heterocycles. The number of pyridine rings is 1. The summed E-state index contributed by atoms with van der Waals surface area (Å²) >= 11 is 0. The van der Waals surface area contributed by atoms with Gasteiger partial charge in [-0.25, -0.2) is 9.97 Å². The third kappa shape index (κ3) is 3.64. The number of likely N-dealkylation sites (N-methyl/N-ethyl adjacent to an activating group) is 1. The van der Waals surface area contributed by atoms with Gasteiger partial charge < -0.3 is 25.4 Å². The van der Waals surface area contributed by atoms with Crippen molar-refractivity contribution in [3.05, 3.63) is 36.3 Å². The number of rotatable bonds is 5. The first kappa shape index (κ1) is 22.3. The van der Waals surface area contributed by atoms with Crippen molar-refractivity contribution in [2.45, 2.75) is 51.1 Å². The van der Waals surface area contributed by atoms with Crippen LogP contribution in [-0.4, -0.2) is 58.1 Å². The van der Waals surface area contributed by atoms with Gasteiger partial charge in [0.1, 0.15) is 17.2 Å². The van der Waals surface area contributed by atoms with Crippen LogP contribution < -0.4 is 20.9 Å². The average Bonchev–Trinajstić information content (AvgIpc) is 3.56. The molecular formula is C26H34N8O. The van der Waals surface area contributed by atoms with Crippen LogP contribution in [0.2, 0.25) is 0 Å². The molecule has 9 nitrogen and oxygen atoms in total. The monoisotopic (exact) mass is 474 g/mol. The molecule has 3 N–H and O–H groups in total. The van der Waals surface area contributed by atoms with Crippen molar-refractivity contribution in [2.75, 3.05) is 36.9 Å². The Bertz CT molecular complexity index is 1250. The van der Waals surface area contributed by atoms with Gasteiger partial charge in [0.2, 0.25) is 5.95 Å². The summed E-state index contributed by atoms with van der Waals surface area (Å²) in [7, 11) is 2.01. The standard InChI is InChI=1S/C26H34N8O/c1-16-14-33(21(13-27-3)17(16)2)19-6-7-22(28-12-19)31-25-29-11-18-10-20-24(35)30-15-26(8-4-5-9-26)34(20)23(18)32-25/h6-7,10-12,16-17,21,27H,4-5,8-9,13-15H2,1-3H3,(H,30,35)(H,28,29,31,32)/t16?,17-,21?/m0/s1. The zero-order valence-corrected chi connectivity index (χ0v) is 20.7. The van der Waals surface area contributed by atoms with Crippen LogP contribution in [0.1, 0.15) is 50.0 Å². The second-order valence-electron chi connectivity index (χ2n) is 10.6. The fourth-order valence-corrected chi connectivity index (χ4v) is 6.37. The molecule has 3 aromatic rings. The van der Waals surface area contributed by atoms with Gasteiger partial charge in [0.15, 0.2) is 0 Å². The van der Waals surface area contributed by atoms with Crippen LogP contribution >= 0.6 is 0 Å². The van der Waals surface area contributed by atoms with Gasteiger partial charge in [0, 0.05) is 37.3 Å². The first-order valence-electron chi connectivity index (χ1n) is 12.8. The summed E-state index contributed by atoms with van der Waals surface area (Å²) in [6.45, 7) is 7.32. The van der Waals surface area contributed by atoms with Gasteiger partial charge >= 0.3 is 0 Å². The molecule has 1 amide bonds. The Morgan fingerprint density at radius 2 is 2.00 bits per heavy atom. The second-order valence-corrected chi connectivity index (χ2v) is 10.6. The van der Waals surface area contributed by atoms with E-state index < -0.39 is 0 Å². The molecular weight excluding hydrogens is 440 g/mol. The van der Waals surface area contributed by atoms with Gasteiger partial charge in [-0.2, -0.15) is 4.98 Å². The molecule has 2 aliphatic heterocycles. The Labute approximate surface area is 205 Å². The fraction of sp³-hybridized carbons (Fsp3) is 0.538. The molecule has 2 unspecified atom stereocenters. The number of aromatic nitrogens is 4. The molecule has 1 spiro atoms. The highest BCUT2D eigenvalue weighted by Gasteiger charge is 2.43. The lowest BCUT2D eigenvalue weighted by atomic mass is 9.94. The van der Waals surface area contributed by atoms with Gasteiger partial charge in [-0.05, 0) is 49.9 Å². The predicted molar refractivity (Wildman–Crippen MR) is 137 cm³/mol. The minimum atomic E-state index is -0.0790. The van der Waals surface area contributed by atoms with Crippen LogP contribution in [0.3, 0.4) is 0 Å². The minimum Gasteiger partial charge on any atom is -0.365 e. The normalized spacial score (nSPS) is 25.3. The fourth-order valence-electron chi connectivity index (χ4n) is 6.37. The van der Waals surface area contributed by atoms with Crippen molar-refractivity contribution in [2.24, 2.45) is 11.8 Å². The molecule has 3 aliphatic rings. The van der Waals surface area contributed by atoms with Gasteiger partial charge in [-0.3, -0.25) is 4.79 Å². The van der Waals surface area contributed by atoms with E-state index in [4.69, 9.17) is 4.98 Å². The summed E-state index contributed by atoms with van der Waals surface area (Å²) in [5.74, 6) is 2.43. The van der Waals surface area contributed by atoms with Gasteiger partial charge in [-0.1, -0.05) is 26.7 Å². The number of nitrogens with zero attached hydrogens (tertiary/aromatic N) is 5. The van der Waals surface area contributed by atoms with Crippen molar-refractivity contribution in [3.8, 4) is 0 Å². The summed E-state index contributed by atoms with van der Waals surface area (Å²) < 4.78 is 2.18. The number of nitrogens with one attached hydrogen (secondary N) is 3. The van der Waals surface area contributed by atoms with E-state index in [0.29, 0.717) is 41.9 Å². The molecule has 9 heteroatoms. The Morgan fingerprint density at radius 3 is 2.74 bits per heavy atom. The highest BCUT2D eigenvalue weighted by molar-refractivity contribution is 5.99. The third-order valence-electron chi connectivity index (χ3n) is 8.48. The maximum absolute atomic E-state index is 12.6. The molecule has 184 valence electrons. The highest BCUT2D eigenvalue weighted by atomic mass is 16.2. The summed E-state index contributed by atoms with van der Waals surface area (Å²) in [5.41, 5.74) is 2.57. The molecule has 6 rings (SSSR count). The van der Waals surface area contributed by atoms with Crippen LogP contribution in [0.5, 0.6) is 0 Å². The smallest absolute Gasteiger partial charge is 0.268 e. The molecule has 2 fully saturated rings. The number of anilines is 3. The number of carbonyl (C=O) groups excluding carboxylic acids is 1. The molecule has 5 heterocycles. The Kier molecular flexibility index (Phi) is 5.40. The topological polar surface area (TPSA) is 100 Å². The molecule has 1 saturated carbocycles. The van der Waals surface area contributed by atoms with Crippen LogP contribution in [0, 0.1) is 11.8 Å². The highest BCUT2D eigenvalue weighted by Crippen LogP contribution is 2.41. The lowest BCUT2D eigenvalue weighted by Crippen LogP contribution is -2.50. The summed E-state index contributed by atoms with van der Waals surface area (Å²) in [6, 6.07) is 6.49. The number of hydrogen-bond donors (Lipinski definition) is 3. The van der Waals surface area contributed by atoms with Crippen LogP contribution in [0.15, 0.2) is 30.6 Å². The largest absolute Gasteiger partial charge is 0.365 e. The summed E-state index contributed by atoms with van der Waals surface area (Å²) in [6.07, 6.45) is 8.20. The quantitative estimate of drug-likeness (QED) is 0.522. The number of carbonyl (C=O) groups is 1. The van der Waals surface area contributed by atoms with Crippen LogP contribution in [-0.2, 0) is 5.54 Å². The van der Waals surface area contributed by atoms with Crippen LogP contribution in [0.4, 0.5) is 17.5 Å². The molecule has 0 radical (unpaired) electrons. The zero-order valence-electron chi connectivity index (χ0n) is 20.7. The van der Waals surface area contributed by atoms with Crippen LogP contribution in [0.25, 0.3) is 11.0 Å². The van der Waals surface area contributed by atoms with Crippen molar-refractivity contribution in [3.63, 3.8) is 0 Å². The van der Waals surface area contributed by atoms with E-state index in [9.17, 15) is 4.79 Å². The summed E-state index contributed by atoms with van der Waals surface area (Å²) in [5, 5.41) is 10.6. The lowest BCUT2D eigenvalue weighted by Gasteiger charge is -2.37. The molecule has 0 aromatic carbocycles. The second kappa shape index (κ2) is 8.48. The Hall–Kier alpha value is -3.20. The maximum Gasteiger partial charge on any atom is 0.268 e. The lowest BCUT2D eigenvalue weighted by molar-refractivity contribution is 0.0876. The van der Waals surface area contributed by atoms with E-state index in [1.807, 2.05) is 25.4 Å². The third-order valence-corrected chi connectivity index (χ3v) is 8.48. The molecule has 3 atom stereocenters. The van der Waals surface area contributed by atoms with Crippen molar-refractivity contribution in [1.29, 1.82) is 0 Å². The number of hydrogen-bond acceptors (Lipinski definition) is 7. The molecule has 1 aliphatic carbocycles. The molecule has 0 bridgehead atoms. The first-order valence-corrected chi connectivity index (χ1v) is 12.8. The SMILES string of the molecule is CNCC1[C@@H](C)C(C)CN1c1ccc(Nc2ncc3cc4n(c3n2)C2(CCCC2)CNC4=O)nc1. The van der Waals surface area contributed by atoms with E-state index >= 15 is 0 Å². The van der Waals surface area contributed by atoms with E-state index in [-0.39, 0.29) is 11.4 Å². The maximum atomic E-state index is 12.6. The van der Waals surface area contributed by atoms with Gasteiger partial charge in [-0.15, -0.1) is 0 Å². The van der Waals surface area contributed by atoms with Crippen molar-refractivity contribution in [1.82, 2.24) is 30.2 Å².